The Hall–Kier alpha value is -3.73. The summed E-state index contributed by atoms with van der Waals surface area (Å²) in [7, 11) is -0.645. The van der Waals surface area contributed by atoms with Gasteiger partial charge in [0.25, 0.3) is 5.91 Å². The summed E-state index contributed by atoms with van der Waals surface area (Å²) in [5, 5.41) is 6.08. The van der Waals surface area contributed by atoms with E-state index in [1.165, 1.54) is 14.2 Å². The van der Waals surface area contributed by atoms with Crippen LogP contribution in [0.5, 0.6) is 11.5 Å². The molecule has 11 heteroatoms. The standard InChI is InChI=1S/C22H26N4O6S/c1-5-16(21-15-10-18(31-2)19(32-3)11-17(15)25-22(21)28)24-13-6-8-14(9-7-13)26(12-20(23)27)33(4,29)30/h6-11,24H,5,12H2,1-4H3,(H2,23,27)(H,25,28). The molecule has 0 radical (unpaired) electrons. The monoisotopic (exact) mass is 474 g/mol. The Bertz CT molecular complexity index is 1220. The molecule has 0 bridgehead atoms. The number of hydrogen-bond acceptors (Lipinski definition) is 7. The van der Waals surface area contributed by atoms with E-state index >= 15 is 0 Å². The lowest BCUT2D eigenvalue weighted by Gasteiger charge is -2.21. The number of anilines is 3. The molecule has 0 atom stereocenters. The molecule has 176 valence electrons. The van der Waals surface area contributed by atoms with Crippen molar-refractivity contribution in [2.24, 2.45) is 5.73 Å². The van der Waals surface area contributed by atoms with Crippen LogP contribution in [0.4, 0.5) is 17.1 Å². The van der Waals surface area contributed by atoms with E-state index in [-0.39, 0.29) is 5.91 Å². The Balaban J connectivity index is 1.96. The summed E-state index contributed by atoms with van der Waals surface area (Å²) in [6.45, 7) is 1.45. The number of carbonyl (C=O) groups is 2. The van der Waals surface area contributed by atoms with Gasteiger partial charge in [-0.1, -0.05) is 6.92 Å². The van der Waals surface area contributed by atoms with Crippen molar-refractivity contribution >= 4 is 44.5 Å². The fourth-order valence-corrected chi connectivity index (χ4v) is 4.42. The van der Waals surface area contributed by atoms with Crippen molar-refractivity contribution in [2.45, 2.75) is 13.3 Å². The number of benzene rings is 2. The number of primary amides is 1. The van der Waals surface area contributed by atoms with Crippen LogP contribution in [0.3, 0.4) is 0 Å². The lowest BCUT2D eigenvalue weighted by atomic mass is 10.0. The van der Waals surface area contributed by atoms with Crippen LogP contribution in [0.25, 0.3) is 5.57 Å². The number of rotatable bonds is 9. The SMILES string of the molecule is CCC(Nc1ccc(N(CC(N)=O)S(C)(=O)=O)cc1)=C1C(=O)Nc2cc(OC)c(OC)cc21. The van der Waals surface area contributed by atoms with Gasteiger partial charge >= 0.3 is 0 Å². The summed E-state index contributed by atoms with van der Waals surface area (Å²) < 4.78 is 35.7. The maximum absolute atomic E-state index is 12.8. The highest BCUT2D eigenvalue weighted by molar-refractivity contribution is 7.92. The first kappa shape index (κ1) is 23.9. The molecule has 1 aliphatic heterocycles. The lowest BCUT2D eigenvalue weighted by Crippen LogP contribution is -2.37. The largest absolute Gasteiger partial charge is 0.493 e. The van der Waals surface area contributed by atoms with Gasteiger partial charge in [-0.2, -0.15) is 0 Å². The zero-order valence-corrected chi connectivity index (χ0v) is 19.6. The Morgan fingerprint density at radius 3 is 2.24 bits per heavy atom. The van der Waals surface area contributed by atoms with Gasteiger partial charge in [0.05, 0.1) is 37.4 Å². The van der Waals surface area contributed by atoms with Crippen molar-refractivity contribution in [1.82, 2.24) is 0 Å². The van der Waals surface area contributed by atoms with Crippen molar-refractivity contribution < 1.29 is 27.5 Å². The first-order chi connectivity index (χ1) is 15.6. The molecule has 0 aromatic heterocycles. The van der Waals surface area contributed by atoms with Gasteiger partial charge in [0.2, 0.25) is 15.9 Å². The van der Waals surface area contributed by atoms with E-state index in [1.54, 1.807) is 36.4 Å². The van der Waals surface area contributed by atoms with Gasteiger partial charge in [0.1, 0.15) is 6.54 Å². The van der Waals surface area contributed by atoms with E-state index in [0.29, 0.717) is 51.8 Å². The van der Waals surface area contributed by atoms with Gasteiger partial charge < -0.3 is 25.8 Å². The van der Waals surface area contributed by atoms with Gasteiger partial charge in [0.15, 0.2) is 11.5 Å². The maximum Gasteiger partial charge on any atom is 0.258 e. The van der Waals surface area contributed by atoms with Crippen LogP contribution < -0.4 is 30.1 Å². The minimum atomic E-state index is -3.69. The number of carbonyl (C=O) groups excluding carboxylic acids is 2. The number of sulfonamides is 1. The first-order valence-electron chi connectivity index (χ1n) is 10.0. The topological polar surface area (TPSA) is 140 Å². The Morgan fingerprint density at radius 1 is 1.12 bits per heavy atom. The highest BCUT2D eigenvalue weighted by Crippen LogP contribution is 2.42. The quantitative estimate of drug-likeness (QED) is 0.473. The second-order valence-electron chi connectivity index (χ2n) is 7.32. The van der Waals surface area contributed by atoms with E-state index in [4.69, 9.17) is 15.2 Å². The highest BCUT2D eigenvalue weighted by atomic mass is 32.2. The first-order valence-corrected chi connectivity index (χ1v) is 11.9. The average Bonchev–Trinajstić information content (AvgIpc) is 3.09. The number of ether oxygens (including phenoxy) is 2. The second kappa shape index (κ2) is 9.41. The molecule has 1 heterocycles. The van der Waals surface area contributed by atoms with Crippen LogP contribution in [0.1, 0.15) is 18.9 Å². The number of nitrogens with zero attached hydrogens (tertiary/aromatic N) is 1. The molecule has 1 aliphatic rings. The average molecular weight is 475 g/mol. The third-order valence-electron chi connectivity index (χ3n) is 5.07. The molecule has 2 aromatic rings. The van der Waals surface area contributed by atoms with Gasteiger partial charge in [-0.3, -0.25) is 13.9 Å². The molecule has 2 amide bonds. The Labute approximate surface area is 192 Å². The maximum atomic E-state index is 12.8. The van der Waals surface area contributed by atoms with Crippen molar-refractivity contribution in [1.29, 1.82) is 0 Å². The molecule has 4 N–H and O–H groups in total. The predicted molar refractivity (Wildman–Crippen MR) is 127 cm³/mol. The van der Waals surface area contributed by atoms with Gasteiger partial charge in [-0.05, 0) is 36.8 Å². The Kier molecular flexibility index (Phi) is 6.82. The van der Waals surface area contributed by atoms with Crippen molar-refractivity contribution in [2.75, 3.05) is 42.0 Å². The lowest BCUT2D eigenvalue weighted by molar-refractivity contribution is -0.116. The third-order valence-corrected chi connectivity index (χ3v) is 6.21. The zero-order chi connectivity index (χ0) is 24.3. The van der Waals surface area contributed by atoms with E-state index in [1.807, 2.05) is 6.92 Å². The van der Waals surface area contributed by atoms with Crippen LogP contribution in [-0.4, -0.2) is 47.3 Å². The number of nitrogens with one attached hydrogen (secondary N) is 2. The number of amides is 2. The number of hydrogen-bond donors (Lipinski definition) is 3. The predicted octanol–water partition coefficient (Wildman–Crippen LogP) is 2.14. The van der Waals surface area contributed by atoms with Crippen LogP contribution >= 0.6 is 0 Å². The van der Waals surface area contributed by atoms with Crippen molar-refractivity contribution in [3.05, 3.63) is 47.7 Å². The molecular formula is C22H26N4O6S. The van der Waals surface area contributed by atoms with Crippen molar-refractivity contribution in [3.63, 3.8) is 0 Å². The van der Waals surface area contributed by atoms with Crippen LogP contribution in [-0.2, 0) is 19.6 Å². The molecular weight excluding hydrogens is 448 g/mol. The summed E-state index contributed by atoms with van der Waals surface area (Å²) in [5.74, 6) is -0.0178. The summed E-state index contributed by atoms with van der Waals surface area (Å²) in [6.07, 6.45) is 1.52. The van der Waals surface area contributed by atoms with Crippen molar-refractivity contribution in [3.8, 4) is 11.5 Å². The number of fused-ring (bicyclic) bond motifs is 1. The summed E-state index contributed by atoms with van der Waals surface area (Å²) in [4.78, 5) is 24.1. The van der Waals surface area contributed by atoms with Crippen LogP contribution in [0, 0.1) is 0 Å². The normalized spacial score (nSPS) is 14.2. The second-order valence-corrected chi connectivity index (χ2v) is 9.23. The number of nitrogens with two attached hydrogens (primary N) is 1. The minimum Gasteiger partial charge on any atom is -0.493 e. The summed E-state index contributed by atoms with van der Waals surface area (Å²) in [6, 6.07) is 9.89. The molecule has 33 heavy (non-hydrogen) atoms. The molecule has 3 rings (SSSR count). The molecule has 0 saturated heterocycles. The smallest absolute Gasteiger partial charge is 0.258 e. The minimum absolute atomic E-state index is 0.258. The summed E-state index contributed by atoms with van der Waals surface area (Å²) in [5.41, 5.74) is 8.57. The van der Waals surface area contributed by atoms with Crippen LogP contribution in [0.15, 0.2) is 42.1 Å². The molecule has 2 aromatic carbocycles. The number of allylic oxidation sites excluding steroid dienone is 1. The van der Waals surface area contributed by atoms with Gasteiger partial charge in [-0.15, -0.1) is 0 Å². The molecule has 0 spiro atoms. The molecule has 0 fully saturated rings. The molecule has 0 aliphatic carbocycles. The van der Waals surface area contributed by atoms with Gasteiger partial charge in [-0.25, -0.2) is 8.42 Å². The van der Waals surface area contributed by atoms with E-state index in [2.05, 4.69) is 10.6 Å². The fraction of sp³-hybridized carbons (Fsp3) is 0.273. The molecule has 10 nitrogen and oxygen atoms in total. The summed E-state index contributed by atoms with van der Waals surface area (Å²) >= 11 is 0. The number of methoxy groups -OCH3 is 2. The zero-order valence-electron chi connectivity index (χ0n) is 18.8. The third kappa shape index (κ3) is 5.03. The van der Waals surface area contributed by atoms with Crippen LogP contribution in [0.2, 0.25) is 0 Å². The molecule has 0 unspecified atom stereocenters. The Morgan fingerprint density at radius 2 is 1.73 bits per heavy atom. The van der Waals surface area contributed by atoms with E-state index < -0.39 is 22.5 Å². The van der Waals surface area contributed by atoms with Gasteiger partial charge in [0, 0.05) is 23.0 Å². The fourth-order valence-electron chi connectivity index (χ4n) is 3.55. The highest BCUT2D eigenvalue weighted by Gasteiger charge is 2.29. The van der Waals surface area contributed by atoms with E-state index in [9.17, 15) is 18.0 Å². The molecule has 0 saturated carbocycles. The van der Waals surface area contributed by atoms with E-state index in [0.717, 1.165) is 10.6 Å².